The van der Waals surface area contributed by atoms with Crippen LogP contribution in [0.4, 0.5) is 10.1 Å². The lowest BCUT2D eigenvalue weighted by Gasteiger charge is -2.27. The van der Waals surface area contributed by atoms with Crippen molar-refractivity contribution >= 4 is 17.6 Å². The number of esters is 1. The maximum Gasteiger partial charge on any atom is 0.317 e. The zero-order valence-corrected chi connectivity index (χ0v) is 15.2. The predicted octanol–water partition coefficient (Wildman–Crippen LogP) is 3.83. The Hall–Kier alpha value is -2.89. The van der Waals surface area contributed by atoms with Crippen molar-refractivity contribution in [2.75, 3.05) is 19.0 Å². The summed E-state index contributed by atoms with van der Waals surface area (Å²) in [5.41, 5.74) is 0.285. The van der Waals surface area contributed by atoms with Gasteiger partial charge in [-0.1, -0.05) is 31.0 Å². The maximum atomic E-state index is 13.6. The molecule has 3 rings (SSSR count). The van der Waals surface area contributed by atoms with Gasteiger partial charge in [-0.25, -0.2) is 4.39 Å². The van der Waals surface area contributed by atoms with E-state index in [4.69, 9.17) is 9.47 Å². The summed E-state index contributed by atoms with van der Waals surface area (Å²) in [4.78, 5) is 24.9. The fourth-order valence-corrected chi connectivity index (χ4v) is 3.54. The van der Waals surface area contributed by atoms with E-state index < -0.39 is 23.9 Å². The van der Waals surface area contributed by atoms with Crippen LogP contribution in [0.5, 0.6) is 5.75 Å². The lowest BCUT2D eigenvalue weighted by atomic mass is 9.79. The van der Waals surface area contributed by atoms with Gasteiger partial charge in [0.2, 0.25) is 0 Å². The van der Waals surface area contributed by atoms with Crippen LogP contribution >= 0.6 is 0 Å². The van der Waals surface area contributed by atoms with Gasteiger partial charge in [0.25, 0.3) is 5.91 Å². The van der Waals surface area contributed by atoms with Crippen LogP contribution in [0.1, 0.15) is 31.2 Å². The Morgan fingerprint density at radius 2 is 1.85 bits per heavy atom. The number of ether oxygens (including phenoxy) is 2. The molecule has 0 spiro atoms. The van der Waals surface area contributed by atoms with Gasteiger partial charge < -0.3 is 14.8 Å². The van der Waals surface area contributed by atoms with Crippen molar-refractivity contribution in [2.45, 2.75) is 31.1 Å². The number of carbonyl (C=O) groups excluding carboxylic acids is 2. The molecule has 2 aromatic carbocycles. The van der Waals surface area contributed by atoms with E-state index in [0.29, 0.717) is 29.8 Å². The minimum absolute atomic E-state index is 0.387. The van der Waals surface area contributed by atoms with E-state index >= 15 is 0 Å². The first-order chi connectivity index (χ1) is 13.0. The molecule has 0 bridgehead atoms. The Morgan fingerprint density at radius 1 is 1.11 bits per heavy atom. The van der Waals surface area contributed by atoms with Crippen LogP contribution in [0, 0.1) is 5.82 Å². The number of hydrogen-bond acceptors (Lipinski definition) is 4. The van der Waals surface area contributed by atoms with Crippen LogP contribution in [0.2, 0.25) is 0 Å². The van der Waals surface area contributed by atoms with Gasteiger partial charge >= 0.3 is 5.97 Å². The number of methoxy groups -OCH3 is 1. The fourth-order valence-electron chi connectivity index (χ4n) is 3.54. The number of amides is 1. The van der Waals surface area contributed by atoms with Gasteiger partial charge in [-0.05, 0) is 42.7 Å². The number of nitrogens with one attached hydrogen (secondary N) is 1. The number of halogens is 1. The van der Waals surface area contributed by atoms with Crippen LogP contribution in [-0.4, -0.2) is 25.6 Å². The summed E-state index contributed by atoms with van der Waals surface area (Å²) in [6, 6.07) is 13.0. The number of hydrogen-bond donors (Lipinski definition) is 1. The summed E-state index contributed by atoms with van der Waals surface area (Å²) in [5, 5.41) is 2.67. The Morgan fingerprint density at radius 3 is 2.56 bits per heavy atom. The highest BCUT2D eigenvalue weighted by Gasteiger charge is 2.44. The summed E-state index contributed by atoms with van der Waals surface area (Å²) < 4.78 is 24.1. The van der Waals surface area contributed by atoms with Gasteiger partial charge in [0.15, 0.2) is 6.61 Å². The molecule has 0 atom stereocenters. The molecule has 1 amide bonds. The van der Waals surface area contributed by atoms with Gasteiger partial charge in [0.1, 0.15) is 11.6 Å². The molecule has 27 heavy (non-hydrogen) atoms. The molecular formula is C21H22FNO4. The first-order valence-electron chi connectivity index (χ1n) is 8.91. The summed E-state index contributed by atoms with van der Waals surface area (Å²) in [7, 11) is 1.54. The third-order valence-corrected chi connectivity index (χ3v) is 4.91. The molecule has 0 heterocycles. The number of rotatable bonds is 6. The van der Waals surface area contributed by atoms with E-state index in [1.54, 1.807) is 36.4 Å². The number of anilines is 1. The Kier molecular flexibility index (Phi) is 5.74. The smallest absolute Gasteiger partial charge is 0.317 e. The van der Waals surface area contributed by atoms with E-state index in [1.165, 1.54) is 19.2 Å². The van der Waals surface area contributed by atoms with Crippen molar-refractivity contribution in [1.29, 1.82) is 0 Å². The second-order valence-electron chi connectivity index (χ2n) is 6.66. The zero-order valence-electron chi connectivity index (χ0n) is 15.2. The molecule has 0 saturated heterocycles. The van der Waals surface area contributed by atoms with E-state index in [1.807, 2.05) is 0 Å². The third kappa shape index (κ3) is 4.27. The fraction of sp³-hybridized carbons (Fsp3) is 0.333. The van der Waals surface area contributed by atoms with Gasteiger partial charge in [-0.2, -0.15) is 0 Å². The topological polar surface area (TPSA) is 64.6 Å². The zero-order chi connectivity index (χ0) is 19.3. The van der Waals surface area contributed by atoms with Gasteiger partial charge in [-0.15, -0.1) is 0 Å². The lowest BCUT2D eigenvalue weighted by molar-refractivity contribution is -0.153. The van der Waals surface area contributed by atoms with Crippen LogP contribution in [-0.2, 0) is 19.7 Å². The Bertz CT molecular complexity index is 830. The molecule has 1 aliphatic rings. The molecule has 2 aromatic rings. The largest absolute Gasteiger partial charge is 0.497 e. The normalized spacial score (nSPS) is 15.2. The summed E-state index contributed by atoms with van der Waals surface area (Å²) in [6.45, 7) is -0.396. The predicted molar refractivity (Wildman–Crippen MR) is 99.1 cm³/mol. The average molecular weight is 371 g/mol. The Balaban J connectivity index is 1.65. The van der Waals surface area contributed by atoms with Crippen molar-refractivity contribution in [1.82, 2.24) is 0 Å². The van der Waals surface area contributed by atoms with Gasteiger partial charge in [0.05, 0.1) is 12.5 Å². The van der Waals surface area contributed by atoms with Crippen molar-refractivity contribution in [3.8, 4) is 5.75 Å². The van der Waals surface area contributed by atoms with Crippen molar-refractivity contribution < 1.29 is 23.5 Å². The molecule has 142 valence electrons. The number of benzene rings is 2. The second-order valence-corrected chi connectivity index (χ2v) is 6.66. The SMILES string of the molecule is COc1cccc(NC(=O)COC(=O)C2(c3cccc(F)c3)CCCC2)c1. The monoisotopic (exact) mass is 371 g/mol. The van der Waals surface area contributed by atoms with Gasteiger partial charge in [-0.3, -0.25) is 9.59 Å². The first-order valence-corrected chi connectivity index (χ1v) is 8.91. The first kappa shape index (κ1) is 18.9. The highest BCUT2D eigenvalue weighted by Crippen LogP contribution is 2.42. The standard InChI is InChI=1S/C21H22FNO4/c1-26-18-9-5-8-17(13-18)23-19(24)14-27-20(25)21(10-2-3-11-21)15-6-4-7-16(22)12-15/h4-9,12-13H,2-3,10-11,14H2,1H3,(H,23,24). The van der Waals surface area contributed by atoms with Crippen LogP contribution in [0.3, 0.4) is 0 Å². The van der Waals surface area contributed by atoms with E-state index in [-0.39, 0.29) is 5.82 Å². The quantitative estimate of drug-likeness (QED) is 0.784. The minimum Gasteiger partial charge on any atom is -0.497 e. The maximum absolute atomic E-state index is 13.6. The van der Waals surface area contributed by atoms with Crippen molar-refractivity contribution in [3.05, 3.63) is 59.9 Å². The molecule has 0 unspecified atom stereocenters. The summed E-state index contributed by atoms with van der Waals surface area (Å²) >= 11 is 0. The third-order valence-electron chi connectivity index (χ3n) is 4.91. The van der Waals surface area contributed by atoms with Crippen LogP contribution in [0.25, 0.3) is 0 Å². The molecule has 5 nitrogen and oxygen atoms in total. The minimum atomic E-state index is -0.877. The Labute approximate surface area is 157 Å². The molecule has 1 N–H and O–H groups in total. The molecule has 1 aliphatic carbocycles. The molecular weight excluding hydrogens is 349 g/mol. The highest BCUT2D eigenvalue weighted by atomic mass is 19.1. The molecule has 1 saturated carbocycles. The lowest BCUT2D eigenvalue weighted by Crippen LogP contribution is -2.36. The summed E-state index contributed by atoms with van der Waals surface area (Å²) in [6.07, 6.45) is 2.91. The molecule has 0 aromatic heterocycles. The molecule has 0 radical (unpaired) electrons. The van der Waals surface area contributed by atoms with Crippen LogP contribution < -0.4 is 10.1 Å². The molecule has 6 heteroatoms. The van der Waals surface area contributed by atoms with E-state index in [9.17, 15) is 14.0 Å². The molecule has 0 aliphatic heterocycles. The van der Waals surface area contributed by atoms with Crippen LogP contribution in [0.15, 0.2) is 48.5 Å². The summed E-state index contributed by atoms with van der Waals surface area (Å²) in [5.74, 6) is -0.696. The average Bonchev–Trinajstić information content (AvgIpc) is 3.17. The van der Waals surface area contributed by atoms with Crippen molar-refractivity contribution in [2.24, 2.45) is 0 Å². The van der Waals surface area contributed by atoms with Gasteiger partial charge in [0, 0.05) is 11.8 Å². The van der Waals surface area contributed by atoms with E-state index in [0.717, 1.165) is 12.8 Å². The van der Waals surface area contributed by atoms with E-state index in [2.05, 4.69) is 5.32 Å². The highest BCUT2D eigenvalue weighted by molar-refractivity contribution is 5.94. The molecule has 1 fully saturated rings. The second kappa shape index (κ2) is 8.20. The van der Waals surface area contributed by atoms with Crippen molar-refractivity contribution in [3.63, 3.8) is 0 Å². The number of carbonyl (C=O) groups is 2.